The summed E-state index contributed by atoms with van der Waals surface area (Å²) in [6.45, 7) is 9.25. The molecule has 1 aliphatic rings. The molecule has 0 unspecified atom stereocenters. The number of hydrogen-bond acceptors (Lipinski definition) is 5. The van der Waals surface area contributed by atoms with Crippen LogP contribution in [0.5, 0.6) is 0 Å². The number of likely N-dealkylation sites (tertiary alicyclic amines) is 1. The van der Waals surface area contributed by atoms with Gasteiger partial charge in [-0.2, -0.15) is 5.10 Å². The standard InChI is InChI=1S/C22H29N5OS/c1-15(2)27-21-18(14-24-27)17(12-19(25-21)20-8-7-11-29-20)22(28)23-13-16(3)26-9-5-4-6-10-26/h7-8,11-12,14-16H,4-6,9-10,13H2,1-3H3,(H,23,28)/t16-/m0/s1. The summed E-state index contributed by atoms with van der Waals surface area (Å²) in [7, 11) is 0. The van der Waals surface area contributed by atoms with Gasteiger partial charge in [0.1, 0.15) is 0 Å². The molecule has 154 valence electrons. The molecule has 1 fully saturated rings. The summed E-state index contributed by atoms with van der Waals surface area (Å²) in [5.74, 6) is -0.0534. The lowest BCUT2D eigenvalue weighted by Gasteiger charge is -2.32. The first-order valence-electron chi connectivity index (χ1n) is 10.5. The number of rotatable bonds is 6. The molecular weight excluding hydrogens is 382 g/mol. The van der Waals surface area contributed by atoms with Crippen LogP contribution in [0.25, 0.3) is 21.6 Å². The van der Waals surface area contributed by atoms with Gasteiger partial charge >= 0.3 is 0 Å². The molecule has 29 heavy (non-hydrogen) atoms. The van der Waals surface area contributed by atoms with Gasteiger partial charge in [-0.1, -0.05) is 12.5 Å². The minimum Gasteiger partial charge on any atom is -0.350 e. The van der Waals surface area contributed by atoms with Crippen LogP contribution < -0.4 is 5.32 Å². The predicted molar refractivity (Wildman–Crippen MR) is 118 cm³/mol. The Morgan fingerprint density at radius 1 is 1.24 bits per heavy atom. The van der Waals surface area contributed by atoms with Gasteiger partial charge in [0.25, 0.3) is 5.91 Å². The molecule has 4 rings (SSSR count). The van der Waals surface area contributed by atoms with Crippen molar-refractivity contribution in [2.45, 2.75) is 52.1 Å². The first kappa shape index (κ1) is 20.0. The lowest BCUT2D eigenvalue weighted by molar-refractivity contribution is 0.0931. The number of carbonyl (C=O) groups excluding carboxylic acids is 1. The van der Waals surface area contributed by atoms with Crippen molar-refractivity contribution in [1.82, 2.24) is 25.0 Å². The first-order chi connectivity index (χ1) is 14.0. The number of hydrogen-bond donors (Lipinski definition) is 1. The topological polar surface area (TPSA) is 63.1 Å². The highest BCUT2D eigenvalue weighted by atomic mass is 32.1. The fraction of sp³-hybridized carbons (Fsp3) is 0.500. The molecule has 3 aromatic rings. The van der Waals surface area contributed by atoms with Gasteiger partial charge in [0, 0.05) is 18.6 Å². The maximum atomic E-state index is 13.2. The van der Waals surface area contributed by atoms with Crippen molar-refractivity contribution in [3.8, 4) is 10.6 Å². The number of aromatic nitrogens is 3. The third-order valence-corrected chi connectivity index (χ3v) is 6.54. The van der Waals surface area contributed by atoms with Gasteiger partial charge in [-0.15, -0.1) is 11.3 Å². The van der Waals surface area contributed by atoms with E-state index in [0.717, 1.165) is 34.7 Å². The minimum atomic E-state index is -0.0534. The summed E-state index contributed by atoms with van der Waals surface area (Å²) in [5, 5.41) is 10.5. The van der Waals surface area contributed by atoms with E-state index in [1.54, 1.807) is 17.5 Å². The average Bonchev–Trinajstić information content (AvgIpc) is 3.41. The summed E-state index contributed by atoms with van der Waals surface area (Å²) in [4.78, 5) is 21.5. The molecule has 0 saturated carbocycles. The molecule has 6 nitrogen and oxygen atoms in total. The van der Waals surface area contributed by atoms with Crippen LogP contribution in [0.2, 0.25) is 0 Å². The molecule has 1 aliphatic heterocycles. The van der Waals surface area contributed by atoms with Crippen molar-refractivity contribution in [2.75, 3.05) is 19.6 Å². The molecule has 4 heterocycles. The molecule has 3 aromatic heterocycles. The van der Waals surface area contributed by atoms with Crippen molar-refractivity contribution in [3.63, 3.8) is 0 Å². The normalized spacial score (nSPS) is 16.4. The van der Waals surface area contributed by atoms with Crippen LogP contribution in [0, 0.1) is 0 Å². The molecule has 1 saturated heterocycles. The Kier molecular flexibility index (Phi) is 5.96. The van der Waals surface area contributed by atoms with Crippen LogP contribution >= 0.6 is 11.3 Å². The molecule has 1 amide bonds. The maximum Gasteiger partial charge on any atom is 0.252 e. The highest BCUT2D eigenvalue weighted by Crippen LogP contribution is 2.29. The number of nitrogens with zero attached hydrogens (tertiary/aromatic N) is 4. The molecule has 1 N–H and O–H groups in total. The highest BCUT2D eigenvalue weighted by Gasteiger charge is 2.21. The van der Waals surface area contributed by atoms with Crippen molar-refractivity contribution < 1.29 is 4.79 Å². The monoisotopic (exact) mass is 411 g/mol. The zero-order chi connectivity index (χ0) is 20.4. The highest BCUT2D eigenvalue weighted by molar-refractivity contribution is 7.13. The summed E-state index contributed by atoms with van der Waals surface area (Å²) >= 11 is 1.63. The van der Waals surface area contributed by atoms with Crippen LogP contribution in [0.4, 0.5) is 0 Å². The van der Waals surface area contributed by atoms with E-state index in [2.05, 4.69) is 36.1 Å². The zero-order valence-electron chi connectivity index (χ0n) is 17.4. The number of fused-ring (bicyclic) bond motifs is 1. The Labute approximate surface area is 175 Å². The fourth-order valence-corrected chi connectivity index (χ4v) is 4.64. The van der Waals surface area contributed by atoms with E-state index in [0.29, 0.717) is 18.2 Å². The molecule has 0 aromatic carbocycles. The van der Waals surface area contributed by atoms with Crippen molar-refractivity contribution in [3.05, 3.63) is 35.3 Å². The smallest absolute Gasteiger partial charge is 0.252 e. The number of thiophene rings is 1. The minimum absolute atomic E-state index is 0.0534. The number of carbonyl (C=O) groups is 1. The second-order valence-corrected chi connectivity index (χ2v) is 9.06. The predicted octanol–water partition coefficient (Wildman–Crippen LogP) is 4.34. The average molecular weight is 412 g/mol. The van der Waals surface area contributed by atoms with Crippen LogP contribution in [0.3, 0.4) is 0 Å². The molecule has 0 spiro atoms. The van der Waals surface area contributed by atoms with Crippen molar-refractivity contribution >= 4 is 28.3 Å². The lowest BCUT2D eigenvalue weighted by Crippen LogP contribution is -2.44. The van der Waals surface area contributed by atoms with Gasteiger partial charge in [-0.3, -0.25) is 9.69 Å². The van der Waals surface area contributed by atoms with E-state index >= 15 is 0 Å². The molecule has 1 atom stereocenters. The van der Waals surface area contributed by atoms with Gasteiger partial charge in [-0.25, -0.2) is 9.67 Å². The Bertz CT molecular complexity index is 973. The van der Waals surface area contributed by atoms with Gasteiger partial charge in [0.15, 0.2) is 5.65 Å². The van der Waals surface area contributed by atoms with E-state index in [1.807, 2.05) is 28.3 Å². The summed E-state index contributed by atoms with van der Waals surface area (Å²) in [6.07, 6.45) is 5.59. The largest absolute Gasteiger partial charge is 0.350 e. The fourth-order valence-electron chi connectivity index (χ4n) is 3.96. The van der Waals surface area contributed by atoms with Crippen LogP contribution in [0.15, 0.2) is 29.8 Å². The van der Waals surface area contributed by atoms with Gasteiger partial charge in [0.2, 0.25) is 0 Å². The van der Waals surface area contributed by atoms with E-state index < -0.39 is 0 Å². The quantitative estimate of drug-likeness (QED) is 0.655. The SMILES string of the molecule is CC(C)n1ncc2c(C(=O)NC[C@H](C)N3CCCCC3)cc(-c3cccs3)nc21. The molecule has 0 radical (unpaired) electrons. The molecule has 7 heteroatoms. The van der Waals surface area contributed by atoms with E-state index in [9.17, 15) is 4.79 Å². The summed E-state index contributed by atoms with van der Waals surface area (Å²) in [6, 6.07) is 6.46. The molecular formula is C22H29N5OS. The zero-order valence-corrected chi connectivity index (χ0v) is 18.2. The summed E-state index contributed by atoms with van der Waals surface area (Å²) < 4.78 is 1.89. The second kappa shape index (κ2) is 8.63. The van der Waals surface area contributed by atoms with Gasteiger partial charge in [0.05, 0.1) is 27.7 Å². The Morgan fingerprint density at radius 3 is 2.72 bits per heavy atom. The van der Waals surface area contributed by atoms with Crippen LogP contribution in [0.1, 0.15) is 56.4 Å². The van der Waals surface area contributed by atoms with E-state index in [-0.39, 0.29) is 11.9 Å². The Hall–Kier alpha value is -2.25. The van der Waals surface area contributed by atoms with E-state index in [4.69, 9.17) is 4.98 Å². The van der Waals surface area contributed by atoms with Gasteiger partial charge in [-0.05, 0) is 64.2 Å². The third kappa shape index (κ3) is 4.21. The second-order valence-electron chi connectivity index (χ2n) is 8.11. The van der Waals surface area contributed by atoms with E-state index in [1.165, 1.54) is 19.3 Å². The number of amides is 1. The van der Waals surface area contributed by atoms with Crippen molar-refractivity contribution in [2.24, 2.45) is 0 Å². The maximum absolute atomic E-state index is 13.2. The van der Waals surface area contributed by atoms with Crippen LogP contribution in [-0.2, 0) is 0 Å². The Morgan fingerprint density at radius 2 is 2.03 bits per heavy atom. The molecule has 0 bridgehead atoms. The Balaban J connectivity index is 1.62. The van der Waals surface area contributed by atoms with Crippen molar-refractivity contribution in [1.29, 1.82) is 0 Å². The van der Waals surface area contributed by atoms with Crippen LogP contribution in [-0.4, -0.2) is 51.2 Å². The number of piperidine rings is 1. The first-order valence-corrected chi connectivity index (χ1v) is 11.4. The third-order valence-electron chi connectivity index (χ3n) is 5.65. The summed E-state index contributed by atoms with van der Waals surface area (Å²) in [5.41, 5.74) is 2.24. The van der Waals surface area contributed by atoms with Gasteiger partial charge < -0.3 is 5.32 Å². The molecule has 0 aliphatic carbocycles. The number of pyridine rings is 1. The lowest BCUT2D eigenvalue weighted by atomic mass is 10.1. The number of nitrogens with one attached hydrogen (secondary N) is 1.